The number of carboxylic acid groups (broad SMARTS) is 1. The van der Waals surface area contributed by atoms with Crippen LogP contribution in [-0.4, -0.2) is 22.7 Å². The van der Waals surface area contributed by atoms with E-state index in [0.717, 1.165) is 37.0 Å². The lowest BCUT2D eigenvalue weighted by molar-refractivity contribution is -0.127. The van der Waals surface area contributed by atoms with Gasteiger partial charge in [-0.3, -0.25) is 4.79 Å². The third-order valence-corrected chi connectivity index (χ3v) is 4.17. The second-order valence-corrected chi connectivity index (χ2v) is 5.35. The fourth-order valence-corrected chi connectivity index (χ4v) is 3.12. The van der Waals surface area contributed by atoms with E-state index in [1.165, 1.54) is 0 Å². The Labute approximate surface area is 116 Å². The zero-order valence-electron chi connectivity index (χ0n) is 11.0. The number of nitrogens with one attached hydrogen (secondary N) is 1. The molecule has 0 saturated heterocycles. The topological polar surface area (TPSA) is 78.8 Å². The molecular weight excluding hydrogens is 256 g/mol. The summed E-state index contributed by atoms with van der Waals surface area (Å²) in [5.74, 6) is -0.754. The van der Waals surface area contributed by atoms with E-state index in [-0.39, 0.29) is 23.3 Å². The van der Waals surface area contributed by atoms with E-state index in [2.05, 4.69) is 10.5 Å². The molecule has 0 spiro atoms. The number of carboxylic acids is 1. The summed E-state index contributed by atoms with van der Waals surface area (Å²) in [5.41, 5.74) is 4.63. The van der Waals surface area contributed by atoms with Gasteiger partial charge in [0.05, 0.1) is 11.3 Å². The Balaban J connectivity index is 1.92. The molecule has 1 aliphatic carbocycles. The standard InChI is InChI=1S/C15H16N2O3/c18-14-12-4-2-1-3-11(12)13(16-17-14)9-5-7-10(8-6-9)15(19)20/h5-8,11-12H,1-4H2,(H,17,18)(H,19,20)/t11-,12+/m1/s1. The van der Waals surface area contributed by atoms with E-state index in [0.29, 0.717) is 0 Å². The summed E-state index contributed by atoms with van der Waals surface area (Å²) in [7, 11) is 0. The molecule has 1 amide bonds. The van der Waals surface area contributed by atoms with Crippen molar-refractivity contribution in [2.24, 2.45) is 16.9 Å². The summed E-state index contributed by atoms with van der Waals surface area (Å²) in [6.45, 7) is 0. The fourth-order valence-electron chi connectivity index (χ4n) is 3.12. The Morgan fingerprint density at radius 2 is 1.80 bits per heavy atom. The van der Waals surface area contributed by atoms with Crippen molar-refractivity contribution in [1.29, 1.82) is 0 Å². The first-order valence-electron chi connectivity index (χ1n) is 6.88. The molecule has 104 valence electrons. The summed E-state index contributed by atoms with van der Waals surface area (Å²) < 4.78 is 0. The Morgan fingerprint density at radius 3 is 2.45 bits per heavy atom. The maximum Gasteiger partial charge on any atom is 0.335 e. The smallest absolute Gasteiger partial charge is 0.335 e. The first-order chi connectivity index (χ1) is 9.66. The maximum atomic E-state index is 11.9. The Bertz CT molecular complexity index is 577. The largest absolute Gasteiger partial charge is 0.478 e. The van der Waals surface area contributed by atoms with Crippen molar-refractivity contribution in [2.45, 2.75) is 25.7 Å². The molecule has 1 aromatic rings. The molecular formula is C15H16N2O3. The molecule has 1 aromatic carbocycles. The van der Waals surface area contributed by atoms with Crippen molar-refractivity contribution in [3.8, 4) is 0 Å². The molecule has 5 nitrogen and oxygen atoms in total. The van der Waals surface area contributed by atoms with Crippen molar-refractivity contribution < 1.29 is 14.7 Å². The highest BCUT2D eigenvalue weighted by Crippen LogP contribution is 2.35. The van der Waals surface area contributed by atoms with Gasteiger partial charge in [0.25, 0.3) is 0 Å². The lowest BCUT2D eigenvalue weighted by Crippen LogP contribution is -2.43. The van der Waals surface area contributed by atoms with Gasteiger partial charge in [-0.05, 0) is 30.5 Å². The maximum absolute atomic E-state index is 11.9. The molecule has 2 atom stereocenters. The van der Waals surface area contributed by atoms with E-state index in [4.69, 9.17) is 5.11 Å². The Kier molecular flexibility index (Phi) is 3.26. The van der Waals surface area contributed by atoms with Crippen LogP contribution in [0, 0.1) is 11.8 Å². The number of carbonyl (C=O) groups excluding carboxylic acids is 1. The van der Waals surface area contributed by atoms with Crippen molar-refractivity contribution in [1.82, 2.24) is 5.43 Å². The number of benzene rings is 1. The summed E-state index contributed by atoms with van der Waals surface area (Å²) in [5, 5.41) is 13.1. The van der Waals surface area contributed by atoms with Crippen LogP contribution in [0.5, 0.6) is 0 Å². The monoisotopic (exact) mass is 272 g/mol. The molecule has 3 rings (SSSR count). The van der Waals surface area contributed by atoms with E-state index in [1.807, 2.05) is 0 Å². The predicted molar refractivity (Wildman–Crippen MR) is 73.5 cm³/mol. The van der Waals surface area contributed by atoms with Crippen LogP contribution in [0.2, 0.25) is 0 Å². The molecule has 0 unspecified atom stereocenters. The molecule has 1 saturated carbocycles. The molecule has 20 heavy (non-hydrogen) atoms. The molecule has 1 fully saturated rings. The molecule has 5 heteroatoms. The Hall–Kier alpha value is -2.17. The van der Waals surface area contributed by atoms with Crippen LogP contribution in [0.3, 0.4) is 0 Å². The SMILES string of the molecule is O=C(O)c1ccc(C2=NNC(=O)[C@H]3CCCC[C@@H]23)cc1. The van der Waals surface area contributed by atoms with Gasteiger partial charge < -0.3 is 5.11 Å². The van der Waals surface area contributed by atoms with E-state index in [1.54, 1.807) is 24.3 Å². The van der Waals surface area contributed by atoms with Crippen LogP contribution in [0.4, 0.5) is 0 Å². The van der Waals surface area contributed by atoms with Gasteiger partial charge in [0.15, 0.2) is 0 Å². The van der Waals surface area contributed by atoms with E-state index < -0.39 is 5.97 Å². The van der Waals surface area contributed by atoms with Crippen LogP contribution in [0.1, 0.15) is 41.6 Å². The quantitative estimate of drug-likeness (QED) is 0.864. The average Bonchev–Trinajstić information content (AvgIpc) is 2.48. The first kappa shape index (κ1) is 12.8. The van der Waals surface area contributed by atoms with Gasteiger partial charge >= 0.3 is 5.97 Å². The summed E-state index contributed by atoms with van der Waals surface area (Å²) in [6.07, 6.45) is 4.07. The highest BCUT2D eigenvalue weighted by atomic mass is 16.4. The molecule has 0 bridgehead atoms. The normalized spacial score (nSPS) is 25.4. The van der Waals surface area contributed by atoms with Gasteiger partial charge in [0.1, 0.15) is 0 Å². The number of amides is 1. The van der Waals surface area contributed by atoms with Gasteiger partial charge in [-0.1, -0.05) is 25.0 Å². The minimum Gasteiger partial charge on any atom is -0.478 e. The third-order valence-electron chi connectivity index (χ3n) is 4.17. The second-order valence-electron chi connectivity index (χ2n) is 5.35. The number of carbonyl (C=O) groups is 2. The van der Waals surface area contributed by atoms with E-state index >= 15 is 0 Å². The van der Waals surface area contributed by atoms with Gasteiger partial charge in [-0.15, -0.1) is 0 Å². The molecule has 0 radical (unpaired) electrons. The molecule has 2 N–H and O–H groups in total. The average molecular weight is 272 g/mol. The summed E-state index contributed by atoms with van der Waals surface area (Å²) in [4.78, 5) is 22.7. The number of rotatable bonds is 2. The minimum atomic E-state index is -0.939. The molecule has 0 aromatic heterocycles. The second kappa shape index (κ2) is 5.07. The fraction of sp³-hybridized carbons (Fsp3) is 0.400. The van der Waals surface area contributed by atoms with Crippen LogP contribution in [0.15, 0.2) is 29.4 Å². The zero-order valence-corrected chi connectivity index (χ0v) is 11.0. The van der Waals surface area contributed by atoms with Crippen molar-refractivity contribution in [3.63, 3.8) is 0 Å². The summed E-state index contributed by atoms with van der Waals surface area (Å²) in [6, 6.07) is 6.69. The number of nitrogens with zero attached hydrogens (tertiary/aromatic N) is 1. The molecule has 2 aliphatic rings. The number of fused-ring (bicyclic) bond motifs is 1. The number of hydrogen-bond donors (Lipinski definition) is 2. The number of aromatic carboxylic acids is 1. The van der Waals surface area contributed by atoms with Crippen LogP contribution < -0.4 is 5.43 Å². The molecule has 1 heterocycles. The first-order valence-corrected chi connectivity index (χ1v) is 6.88. The van der Waals surface area contributed by atoms with Crippen LogP contribution in [0.25, 0.3) is 0 Å². The number of hydrogen-bond acceptors (Lipinski definition) is 3. The minimum absolute atomic E-state index is 0.00963. The predicted octanol–water partition coefficient (Wildman–Crippen LogP) is 2.03. The van der Waals surface area contributed by atoms with Gasteiger partial charge in [-0.25, -0.2) is 10.2 Å². The van der Waals surface area contributed by atoms with E-state index in [9.17, 15) is 9.59 Å². The summed E-state index contributed by atoms with van der Waals surface area (Å²) >= 11 is 0. The highest BCUT2D eigenvalue weighted by molar-refractivity contribution is 6.07. The van der Waals surface area contributed by atoms with Crippen LogP contribution >= 0.6 is 0 Å². The lowest BCUT2D eigenvalue weighted by Gasteiger charge is -2.34. The van der Waals surface area contributed by atoms with Crippen LogP contribution in [-0.2, 0) is 4.79 Å². The number of hydrazone groups is 1. The van der Waals surface area contributed by atoms with Crippen molar-refractivity contribution >= 4 is 17.6 Å². The van der Waals surface area contributed by atoms with Gasteiger partial charge in [-0.2, -0.15) is 5.10 Å². The zero-order chi connectivity index (χ0) is 14.1. The lowest BCUT2D eigenvalue weighted by atomic mass is 9.74. The van der Waals surface area contributed by atoms with Crippen molar-refractivity contribution in [2.75, 3.05) is 0 Å². The van der Waals surface area contributed by atoms with Crippen molar-refractivity contribution in [3.05, 3.63) is 35.4 Å². The molecule has 1 aliphatic heterocycles. The third kappa shape index (κ3) is 2.19. The van der Waals surface area contributed by atoms with Gasteiger partial charge in [0, 0.05) is 11.8 Å². The Morgan fingerprint density at radius 1 is 1.15 bits per heavy atom. The van der Waals surface area contributed by atoms with Gasteiger partial charge in [0.2, 0.25) is 5.91 Å². The highest BCUT2D eigenvalue weighted by Gasteiger charge is 2.37.